The Morgan fingerprint density at radius 1 is 1.42 bits per heavy atom. The van der Waals surface area contributed by atoms with Crippen LogP contribution in [0.2, 0.25) is 0 Å². The fraction of sp³-hybridized carbons (Fsp3) is 0.833. The van der Waals surface area contributed by atoms with E-state index in [2.05, 4.69) is 0 Å². The molecule has 1 fully saturated rings. The van der Waals surface area contributed by atoms with Gasteiger partial charge in [0.25, 0.3) is 0 Å². The van der Waals surface area contributed by atoms with Gasteiger partial charge in [0.05, 0.1) is 11.9 Å². The van der Waals surface area contributed by atoms with Crippen LogP contribution in [0.25, 0.3) is 0 Å². The maximum absolute atomic E-state index is 11.1. The Kier molecular flexibility index (Phi) is 2.39. The van der Waals surface area contributed by atoms with Crippen LogP contribution in [-0.2, 0) is 14.6 Å². The molecule has 0 spiro atoms. The molecule has 2 N–H and O–H groups in total. The van der Waals surface area contributed by atoms with Crippen molar-refractivity contribution in [2.24, 2.45) is 0 Å². The zero-order valence-electron chi connectivity index (χ0n) is 6.30. The molecule has 1 rings (SSSR count). The lowest BCUT2D eigenvalue weighted by molar-refractivity contribution is -0.138. The van der Waals surface area contributed by atoms with Crippen molar-refractivity contribution in [2.45, 2.75) is 24.2 Å². The number of carboxylic acid groups (broad SMARTS) is 1. The summed E-state index contributed by atoms with van der Waals surface area (Å²) in [4.78, 5) is 10.4. The second kappa shape index (κ2) is 3.02. The van der Waals surface area contributed by atoms with Gasteiger partial charge in [0.2, 0.25) is 0 Å². The average molecular weight is 194 g/mol. The fourth-order valence-electron chi connectivity index (χ4n) is 1.33. The molecule has 0 aliphatic carbocycles. The molecular formula is C6H10O5S. The molecule has 1 heterocycles. The van der Waals surface area contributed by atoms with Gasteiger partial charge in [-0.15, -0.1) is 0 Å². The van der Waals surface area contributed by atoms with Crippen LogP contribution in [0, 0.1) is 0 Å². The van der Waals surface area contributed by atoms with Gasteiger partial charge in [-0.2, -0.15) is 0 Å². The molecule has 70 valence electrons. The molecule has 0 aromatic carbocycles. The molecule has 0 amide bonds. The Morgan fingerprint density at radius 2 is 2.00 bits per heavy atom. The van der Waals surface area contributed by atoms with Crippen LogP contribution in [-0.4, -0.2) is 41.7 Å². The molecule has 2 unspecified atom stereocenters. The van der Waals surface area contributed by atoms with E-state index in [4.69, 9.17) is 10.2 Å². The van der Waals surface area contributed by atoms with Crippen LogP contribution in [0.15, 0.2) is 0 Å². The molecule has 5 nitrogen and oxygen atoms in total. The number of carboxylic acids is 1. The number of hydrogen-bond acceptors (Lipinski definition) is 4. The monoisotopic (exact) mass is 194 g/mol. The molecule has 6 heteroatoms. The number of carbonyl (C=O) groups is 1. The minimum absolute atomic E-state index is 0.138. The minimum atomic E-state index is -3.62. The van der Waals surface area contributed by atoms with Gasteiger partial charge in [0.15, 0.2) is 15.1 Å². The summed E-state index contributed by atoms with van der Waals surface area (Å²) in [5.74, 6) is -1.59. The van der Waals surface area contributed by atoms with Crippen LogP contribution in [0.4, 0.5) is 0 Å². The fourth-order valence-corrected chi connectivity index (χ4v) is 3.07. The topological polar surface area (TPSA) is 91.7 Å². The van der Waals surface area contributed by atoms with Gasteiger partial charge in [-0.25, -0.2) is 8.42 Å². The van der Waals surface area contributed by atoms with Crippen molar-refractivity contribution >= 4 is 15.8 Å². The number of rotatable bonds is 1. The van der Waals surface area contributed by atoms with Crippen molar-refractivity contribution in [3.8, 4) is 0 Å². The highest BCUT2D eigenvalue weighted by Crippen LogP contribution is 2.20. The zero-order chi connectivity index (χ0) is 9.35. The van der Waals surface area contributed by atoms with E-state index in [1.54, 1.807) is 0 Å². The molecule has 0 radical (unpaired) electrons. The molecule has 2 atom stereocenters. The Labute approximate surface area is 69.9 Å². The van der Waals surface area contributed by atoms with Crippen LogP contribution in [0.1, 0.15) is 12.8 Å². The second-order valence-electron chi connectivity index (χ2n) is 2.84. The van der Waals surface area contributed by atoms with E-state index < -0.39 is 27.2 Å². The van der Waals surface area contributed by atoms with Crippen molar-refractivity contribution in [3.05, 3.63) is 0 Å². The second-order valence-corrected chi connectivity index (χ2v) is 5.08. The summed E-state index contributed by atoms with van der Waals surface area (Å²) in [7, 11) is -3.62. The van der Waals surface area contributed by atoms with E-state index in [9.17, 15) is 13.2 Å². The highest BCUT2D eigenvalue weighted by Gasteiger charge is 2.41. The van der Waals surface area contributed by atoms with Crippen LogP contribution in [0.5, 0.6) is 0 Å². The number of aliphatic carboxylic acids is 1. The molecule has 12 heavy (non-hydrogen) atoms. The van der Waals surface area contributed by atoms with E-state index in [1.807, 2.05) is 0 Å². The number of hydrogen-bond donors (Lipinski definition) is 2. The van der Waals surface area contributed by atoms with E-state index in [0.29, 0.717) is 6.42 Å². The van der Waals surface area contributed by atoms with Crippen molar-refractivity contribution in [1.29, 1.82) is 0 Å². The van der Waals surface area contributed by atoms with E-state index in [-0.39, 0.29) is 12.2 Å². The normalized spacial score (nSPS) is 34.4. The quantitative estimate of drug-likeness (QED) is 0.559. The molecule has 0 aromatic heterocycles. The van der Waals surface area contributed by atoms with E-state index in [0.717, 1.165) is 0 Å². The first-order valence-electron chi connectivity index (χ1n) is 3.57. The highest BCUT2D eigenvalue weighted by molar-refractivity contribution is 7.92. The lowest BCUT2D eigenvalue weighted by atomic mass is 10.1. The number of aliphatic hydroxyl groups is 1. The van der Waals surface area contributed by atoms with E-state index >= 15 is 0 Å². The van der Waals surface area contributed by atoms with Crippen LogP contribution in [0.3, 0.4) is 0 Å². The summed E-state index contributed by atoms with van der Waals surface area (Å²) in [6.07, 6.45) is -0.662. The lowest BCUT2D eigenvalue weighted by Gasteiger charge is -2.23. The summed E-state index contributed by atoms with van der Waals surface area (Å²) >= 11 is 0. The van der Waals surface area contributed by atoms with Crippen LogP contribution >= 0.6 is 0 Å². The number of aliphatic hydroxyl groups excluding tert-OH is 1. The minimum Gasteiger partial charge on any atom is -0.480 e. The Balaban J connectivity index is 2.97. The summed E-state index contributed by atoms with van der Waals surface area (Å²) in [6.45, 7) is 0. The average Bonchev–Trinajstić information content (AvgIpc) is 1.82. The zero-order valence-corrected chi connectivity index (χ0v) is 7.12. The van der Waals surface area contributed by atoms with Crippen LogP contribution < -0.4 is 0 Å². The molecule has 0 saturated carbocycles. The SMILES string of the molecule is O=C(O)C1C(O)CCCS1(=O)=O. The van der Waals surface area contributed by atoms with Gasteiger partial charge in [-0.1, -0.05) is 0 Å². The Morgan fingerprint density at radius 3 is 2.33 bits per heavy atom. The smallest absolute Gasteiger partial charge is 0.324 e. The van der Waals surface area contributed by atoms with Gasteiger partial charge in [-0.05, 0) is 12.8 Å². The molecule has 0 bridgehead atoms. The molecule has 0 aromatic rings. The van der Waals surface area contributed by atoms with Gasteiger partial charge in [0, 0.05) is 0 Å². The highest BCUT2D eigenvalue weighted by atomic mass is 32.2. The first-order valence-corrected chi connectivity index (χ1v) is 5.29. The molecular weight excluding hydrogens is 184 g/mol. The third-order valence-corrected chi connectivity index (χ3v) is 4.06. The predicted molar refractivity (Wildman–Crippen MR) is 40.5 cm³/mol. The largest absolute Gasteiger partial charge is 0.480 e. The molecule has 1 saturated heterocycles. The van der Waals surface area contributed by atoms with Crippen molar-refractivity contribution in [1.82, 2.24) is 0 Å². The summed E-state index contributed by atoms with van der Waals surface area (Å²) < 4.78 is 22.2. The standard InChI is InChI=1S/C6H10O5S/c7-4-2-1-3-12(10,11)5(4)6(8)9/h4-5,7H,1-3H2,(H,8,9). The van der Waals surface area contributed by atoms with Gasteiger partial charge in [0.1, 0.15) is 0 Å². The summed E-state index contributed by atoms with van der Waals surface area (Å²) in [6, 6.07) is 0. The van der Waals surface area contributed by atoms with Gasteiger partial charge < -0.3 is 10.2 Å². The summed E-state index contributed by atoms with van der Waals surface area (Å²) in [5.41, 5.74) is 0. The van der Waals surface area contributed by atoms with Gasteiger partial charge in [-0.3, -0.25) is 4.79 Å². The maximum Gasteiger partial charge on any atom is 0.324 e. The number of sulfone groups is 1. The summed E-state index contributed by atoms with van der Waals surface area (Å²) in [5, 5.41) is 16.0. The van der Waals surface area contributed by atoms with E-state index in [1.165, 1.54) is 0 Å². The molecule has 1 aliphatic rings. The Bertz CT molecular complexity index is 280. The van der Waals surface area contributed by atoms with Crippen molar-refractivity contribution < 1.29 is 23.4 Å². The first-order chi connectivity index (χ1) is 5.45. The lowest BCUT2D eigenvalue weighted by Crippen LogP contribution is -2.45. The predicted octanol–water partition coefficient (Wildman–Crippen LogP) is -0.991. The van der Waals surface area contributed by atoms with Crippen molar-refractivity contribution in [3.63, 3.8) is 0 Å². The molecule has 1 aliphatic heterocycles. The van der Waals surface area contributed by atoms with Crippen molar-refractivity contribution in [2.75, 3.05) is 5.75 Å². The third kappa shape index (κ3) is 1.59. The third-order valence-electron chi connectivity index (χ3n) is 1.91. The maximum atomic E-state index is 11.1. The first kappa shape index (κ1) is 9.47. The van der Waals surface area contributed by atoms with Gasteiger partial charge >= 0.3 is 5.97 Å². The Hall–Kier alpha value is -0.620.